The van der Waals surface area contributed by atoms with Crippen molar-refractivity contribution < 1.29 is 42.6 Å². The van der Waals surface area contributed by atoms with E-state index in [1.54, 1.807) is 32.9 Å². The zero-order valence-electron chi connectivity index (χ0n) is 22.7. The Morgan fingerprint density at radius 3 is 2.27 bits per heavy atom. The monoisotopic (exact) mass is 553 g/mol. The van der Waals surface area contributed by atoms with E-state index in [-0.39, 0.29) is 49.8 Å². The molecule has 0 saturated carbocycles. The van der Waals surface area contributed by atoms with E-state index in [4.69, 9.17) is 18.6 Å². The summed E-state index contributed by atoms with van der Waals surface area (Å²) in [5.41, 5.74) is 1.34. The number of esters is 2. The fraction of sp³-hybridized carbons (Fsp3) is 0.321. The van der Waals surface area contributed by atoms with Crippen LogP contribution in [0.15, 0.2) is 57.7 Å². The summed E-state index contributed by atoms with van der Waals surface area (Å²) in [4.78, 5) is 63.4. The molecule has 12 heteroatoms. The second kappa shape index (κ2) is 13.9. The van der Waals surface area contributed by atoms with Gasteiger partial charge < -0.3 is 34.2 Å². The molecular weight excluding hydrogens is 522 g/mol. The molecule has 3 rings (SSSR count). The Bertz CT molecular complexity index is 1340. The average Bonchev–Trinajstić information content (AvgIpc) is 3.48. The van der Waals surface area contributed by atoms with Gasteiger partial charge in [0.05, 0.1) is 43.1 Å². The Labute approximate surface area is 230 Å². The van der Waals surface area contributed by atoms with Gasteiger partial charge in [0.2, 0.25) is 0 Å². The van der Waals surface area contributed by atoms with Crippen LogP contribution in [-0.2, 0) is 39.9 Å². The van der Waals surface area contributed by atoms with Gasteiger partial charge in [0.15, 0.2) is 0 Å². The minimum atomic E-state index is -0.912. The SMILES string of the molecule is CCOC(=O)C1=C(C)N(CCOC)C(=O)/C1=C/c1ccc(CNC(=O)C(=O)Nc2ccc(C(=O)OCC)cc2)o1. The number of rotatable bonds is 11. The lowest BCUT2D eigenvalue weighted by molar-refractivity contribution is -0.138. The summed E-state index contributed by atoms with van der Waals surface area (Å²) in [7, 11) is 1.51. The van der Waals surface area contributed by atoms with Gasteiger partial charge in [-0.1, -0.05) is 0 Å². The standard InChI is InChI=1S/C28H31N3O9/c1-5-38-27(35)18-7-9-19(10-8-18)30-25(33)24(32)29-16-21-12-11-20(40-21)15-22-23(28(36)39-6-2)17(3)31(26(22)34)13-14-37-4/h7-12,15H,5-6,13-14,16H2,1-4H3,(H,29,32)(H,30,33)/b22-15+. The summed E-state index contributed by atoms with van der Waals surface area (Å²) in [5.74, 6) is -2.75. The van der Waals surface area contributed by atoms with Gasteiger partial charge in [0, 0.05) is 25.0 Å². The first-order valence-corrected chi connectivity index (χ1v) is 12.6. The first-order valence-electron chi connectivity index (χ1n) is 12.6. The molecule has 2 heterocycles. The normalized spacial score (nSPS) is 13.9. The first-order chi connectivity index (χ1) is 19.2. The molecule has 0 fully saturated rings. The van der Waals surface area contributed by atoms with Crippen LogP contribution in [0.3, 0.4) is 0 Å². The molecule has 0 radical (unpaired) electrons. The van der Waals surface area contributed by atoms with Gasteiger partial charge in [0.25, 0.3) is 5.91 Å². The van der Waals surface area contributed by atoms with Crippen LogP contribution < -0.4 is 10.6 Å². The molecule has 0 aliphatic carbocycles. The molecule has 40 heavy (non-hydrogen) atoms. The van der Waals surface area contributed by atoms with Crippen LogP contribution in [-0.4, -0.2) is 68.0 Å². The maximum atomic E-state index is 13.1. The number of furan rings is 1. The van der Waals surface area contributed by atoms with Crippen molar-refractivity contribution in [1.82, 2.24) is 10.2 Å². The minimum Gasteiger partial charge on any atom is -0.462 e. The highest BCUT2D eigenvalue weighted by atomic mass is 16.5. The van der Waals surface area contributed by atoms with Crippen molar-refractivity contribution in [3.8, 4) is 0 Å². The van der Waals surface area contributed by atoms with Crippen molar-refractivity contribution in [3.63, 3.8) is 0 Å². The fourth-order valence-corrected chi connectivity index (χ4v) is 3.83. The number of allylic oxidation sites excluding steroid dienone is 1. The van der Waals surface area contributed by atoms with Crippen molar-refractivity contribution in [2.45, 2.75) is 27.3 Å². The van der Waals surface area contributed by atoms with Crippen LogP contribution >= 0.6 is 0 Å². The third-order valence-electron chi connectivity index (χ3n) is 5.76. The minimum absolute atomic E-state index is 0.106. The highest BCUT2D eigenvalue weighted by molar-refractivity contribution is 6.39. The molecule has 0 bridgehead atoms. The number of carbonyl (C=O) groups excluding carboxylic acids is 5. The topological polar surface area (TPSA) is 153 Å². The van der Waals surface area contributed by atoms with E-state index < -0.39 is 29.7 Å². The quantitative estimate of drug-likeness (QED) is 0.243. The Hall–Kier alpha value is -4.71. The predicted molar refractivity (Wildman–Crippen MR) is 142 cm³/mol. The average molecular weight is 554 g/mol. The van der Waals surface area contributed by atoms with E-state index in [1.165, 1.54) is 42.4 Å². The lowest BCUT2D eigenvalue weighted by Crippen LogP contribution is -2.34. The van der Waals surface area contributed by atoms with Gasteiger partial charge >= 0.3 is 23.8 Å². The Balaban J connectivity index is 1.64. The Kier molecular flexibility index (Phi) is 10.4. The van der Waals surface area contributed by atoms with E-state index in [2.05, 4.69) is 10.6 Å². The molecule has 0 saturated heterocycles. The van der Waals surface area contributed by atoms with Gasteiger partial charge in [0.1, 0.15) is 11.5 Å². The molecule has 0 spiro atoms. The lowest BCUT2D eigenvalue weighted by atomic mass is 10.1. The number of nitrogens with zero attached hydrogens (tertiary/aromatic N) is 1. The third-order valence-corrected chi connectivity index (χ3v) is 5.76. The summed E-state index contributed by atoms with van der Waals surface area (Å²) >= 11 is 0. The van der Waals surface area contributed by atoms with E-state index in [9.17, 15) is 24.0 Å². The van der Waals surface area contributed by atoms with Crippen LogP contribution in [0.2, 0.25) is 0 Å². The summed E-state index contributed by atoms with van der Waals surface area (Å²) in [6.07, 6.45) is 1.43. The molecular formula is C28H31N3O9. The Morgan fingerprint density at radius 2 is 1.62 bits per heavy atom. The van der Waals surface area contributed by atoms with Gasteiger partial charge in [-0.2, -0.15) is 0 Å². The van der Waals surface area contributed by atoms with Gasteiger partial charge in [-0.15, -0.1) is 0 Å². The number of benzene rings is 1. The number of methoxy groups -OCH3 is 1. The van der Waals surface area contributed by atoms with E-state index in [1.807, 2.05) is 0 Å². The molecule has 1 aromatic heterocycles. The molecule has 3 amide bonds. The molecule has 2 N–H and O–H groups in total. The zero-order valence-corrected chi connectivity index (χ0v) is 22.7. The Morgan fingerprint density at radius 1 is 0.950 bits per heavy atom. The number of anilines is 1. The van der Waals surface area contributed by atoms with Crippen LogP contribution in [0.4, 0.5) is 5.69 Å². The highest BCUT2D eigenvalue weighted by Crippen LogP contribution is 2.31. The van der Waals surface area contributed by atoms with E-state index in [0.717, 1.165) is 0 Å². The predicted octanol–water partition coefficient (Wildman–Crippen LogP) is 2.42. The van der Waals surface area contributed by atoms with Gasteiger partial charge in [-0.05, 0) is 63.2 Å². The summed E-state index contributed by atoms with van der Waals surface area (Å²) in [6, 6.07) is 9.04. The second-order valence-electron chi connectivity index (χ2n) is 8.43. The molecule has 212 valence electrons. The molecule has 1 aromatic carbocycles. The lowest BCUT2D eigenvalue weighted by Gasteiger charge is -2.16. The molecule has 2 aromatic rings. The van der Waals surface area contributed by atoms with Gasteiger partial charge in [-0.3, -0.25) is 14.4 Å². The van der Waals surface area contributed by atoms with Crippen LogP contribution in [0.5, 0.6) is 0 Å². The molecule has 0 atom stereocenters. The van der Waals surface area contributed by atoms with Crippen LogP contribution in [0, 0.1) is 0 Å². The largest absolute Gasteiger partial charge is 0.462 e. The maximum Gasteiger partial charge on any atom is 0.340 e. The first kappa shape index (κ1) is 29.8. The van der Waals surface area contributed by atoms with Crippen molar-refractivity contribution in [2.24, 2.45) is 0 Å². The highest BCUT2D eigenvalue weighted by Gasteiger charge is 2.37. The van der Waals surface area contributed by atoms with Crippen LogP contribution in [0.25, 0.3) is 6.08 Å². The van der Waals surface area contributed by atoms with Gasteiger partial charge in [-0.25, -0.2) is 9.59 Å². The smallest absolute Gasteiger partial charge is 0.340 e. The van der Waals surface area contributed by atoms with E-state index in [0.29, 0.717) is 22.7 Å². The van der Waals surface area contributed by atoms with Crippen molar-refractivity contribution >= 4 is 41.4 Å². The fourth-order valence-electron chi connectivity index (χ4n) is 3.83. The summed E-state index contributed by atoms with van der Waals surface area (Å²) in [5, 5.41) is 4.89. The number of carbonyl (C=O) groups is 5. The zero-order chi connectivity index (χ0) is 29.2. The number of hydrogen-bond acceptors (Lipinski definition) is 9. The van der Waals surface area contributed by atoms with E-state index >= 15 is 0 Å². The molecule has 12 nitrogen and oxygen atoms in total. The number of ether oxygens (including phenoxy) is 3. The molecule has 1 aliphatic rings. The van der Waals surface area contributed by atoms with Crippen molar-refractivity contribution in [3.05, 3.63) is 70.3 Å². The number of nitrogens with one attached hydrogen (secondary N) is 2. The van der Waals surface area contributed by atoms with Crippen molar-refractivity contribution in [2.75, 3.05) is 38.8 Å². The summed E-state index contributed by atoms with van der Waals surface area (Å²) < 4.78 is 20.8. The second-order valence-corrected chi connectivity index (χ2v) is 8.43. The summed E-state index contributed by atoms with van der Waals surface area (Å²) in [6.45, 7) is 5.84. The maximum absolute atomic E-state index is 13.1. The number of hydrogen-bond donors (Lipinski definition) is 2. The number of amides is 3. The molecule has 1 aliphatic heterocycles. The van der Waals surface area contributed by atoms with Crippen LogP contribution in [0.1, 0.15) is 42.6 Å². The third kappa shape index (κ3) is 7.23. The molecule has 0 unspecified atom stereocenters. The van der Waals surface area contributed by atoms with Crippen molar-refractivity contribution in [1.29, 1.82) is 0 Å².